The van der Waals surface area contributed by atoms with Crippen molar-refractivity contribution in [2.45, 2.75) is 0 Å². The molecule has 1 N–H and O–H groups in total. The van der Waals surface area contributed by atoms with Gasteiger partial charge in [0.2, 0.25) is 0 Å². The van der Waals surface area contributed by atoms with Crippen molar-refractivity contribution in [3.63, 3.8) is 0 Å². The summed E-state index contributed by atoms with van der Waals surface area (Å²) >= 11 is 1.32. The Balaban J connectivity index is 1.56. The Kier molecular flexibility index (Phi) is 5.56. The molecular formula is C19H19N3O4S. The predicted molar refractivity (Wildman–Crippen MR) is 106 cm³/mol. The van der Waals surface area contributed by atoms with Gasteiger partial charge in [-0.3, -0.25) is 10.1 Å². The van der Waals surface area contributed by atoms with Gasteiger partial charge in [0.1, 0.15) is 5.75 Å². The molecule has 0 fully saturated rings. The number of esters is 1. The molecule has 0 aliphatic heterocycles. The number of fused-ring (bicyclic) bond motifs is 1. The molecule has 3 aromatic rings. The molecule has 0 unspecified atom stereocenters. The summed E-state index contributed by atoms with van der Waals surface area (Å²) in [4.78, 5) is 30.3. The lowest BCUT2D eigenvalue weighted by Gasteiger charge is -2.12. The van der Waals surface area contributed by atoms with Crippen LogP contribution in [-0.2, 0) is 9.53 Å². The monoisotopic (exact) mass is 385 g/mol. The van der Waals surface area contributed by atoms with Crippen molar-refractivity contribution in [3.8, 4) is 5.75 Å². The SMILES string of the molecule is COc1ccc2nc(NC(=O)COC(=O)c3ccc(N(C)C)cc3)sc2c1. The third-order valence-electron chi connectivity index (χ3n) is 3.80. The van der Waals surface area contributed by atoms with Crippen LogP contribution in [0.1, 0.15) is 10.4 Å². The largest absolute Gasteiger partial charge is 0.497 e. The first-order valence-corrected chi connectivity index (χ1v) is 8.97. The fourth-order valence-corrected chi connectivity index (χ4v) is 3.26. The number of hydrogen-bond acceptors (Lipinski definition) is 7. The van der Waals surface area contributed by atoms with E-state index in [4.69, 9.17) is 9.47 Å². The summed E-state index contributed by atoms with van der Waals surface area (Å²) in [6.07, 6.45) is 0. The fourth-order valence-electron chi connectivity index (χ4n) is 2.35. The molecular weight excluding hydrogens is 366 g/mol. The van der Waals surface area contributed by atoms with Crippen LogP contribution in [0, 0.1) is 0 Å². The standard InChI is InChI=1S/C19H19N3O4S/c1-22(2)13-6-4-12(5-7-13)18(24)26-11-17(23)21-19-20-15-9-8-14(25-3)10-16(15)27-19/h4-10H,11H2,1-3H3,(H,20,21,23). The van der Waals surface area contributed by atoms with Gasteiger partial charge in [-0.05, 0) is 42.5 Å². The van der Waals surface area contributed by atoms with E-state index in [0.29, 0.717) is 10.7 Å². The molecule has 7 nitrogen and oxygen atoms in total. The number of hydrogen-bond donors (Lipinski definition) is 1. The van der Waals surface area contributed by atoms with Gasteiger partial charge in [0, 0.05) is 19.8 Å². The van der Waals surface area contributed by atoms with E-state index in [-0.39, 0.29) is 6.61 Å². The normalized spacial score (nSPS) is 10.5. The van der Waals surface area contributed by atoms with E-state index >= 15 is 0 Å². The van der Waals surface area contributed by atoms with Gasteiger partial charge < -0.3 is 14.4 Å². The highest BCUT2D eigenvalue weighted by molar-refractivity contribution is 7.22. The summed E-state index contributed by atoms with van der Waals surface area (Å²) in [6.45, 7) is -0.381. The molecule has 0 spiro atoms. The van der Waals surface area contributed by atoms with Crippen LogP contribution in [-0.4, -0.2) is 44.7 Å². The molecule has 1 aromatic heterocycles. The van der Waals surface area contributed by atoms with Crippen molar-refractivity contribution < 1.29 is 19.1 Å². The van der Waals surface area contributed by atoms with Crippen LogP contribution in [0.25, 0.3) is 10.2 Å². The minimum atomic E-state index is -0.551. The third-order valence-corrected chi connectivity index (χ3v) is 4.73. The second kappa shape index (κ2) is 8.05. The van der Waals surface area contributed by atoms with Crippen LogP contribution >= 0.6 is 11.3 Å². The minimum Gasteiger partial charge on any atom is -0.497 e. The van der Waals surface area contributed by atoms with Gasteiger partial charge in [0.25, 0.3) is 5.91 Å². The molecule has 3 rings (SSSR count). The summed E-state index contributed by atoms with van der Waals surface area (Å²) in [6, 6.07) is 12.4. The number of carbonyl (C=O) groups excluding carboxylic acids is 2. The molecule has 0 bridgehead atoms. The second-order valence-electron chi connectivity index (χ2n) is 5.92. The maximum absolute atomic E-state index is 12.1. The Morgan fingerprint density at radius 3 is 2.56 bits per heavy atom. The van der Waals surface area contributed by atoms with E-state index < -0.39 is 11.9 Å². The topological polar surface area (TPSA) is 80.8 Å². The Bertz CT molecular complexity index is 967. The lowest BCUT2D eigenvalue weighted by atomic mass is 10.2. The van der Waals surface area contributed by atoms with Crippen LogP contribution < -0.4 is 15.0 Å². The van der Waals surface area contributed by atoms with E-state index in [9.17, 15) is 9.59 Å². The first-order valence-electron chi connectivity index (χ1n) is 8.15. The Hall–Kier alpha value is -3.13. The summed E-state index contributed by atoms with van der Waals surface area (Å²) in [5.74, 6) is -0.276. The molecule has 8 heteroatoms. The van der Waals surface area contributed by atoms with Gasteiger partial charge in [-0.25, -0.2) is 9.78 Å². The minimum absolute atomic E-state index is 0.381. The lowest BCUT2D eigenvalue weighted by Crippen LogP contribution is -2.20. The smallest absolute Gasteiger partial charge is 0.338 e. The van der Waals surface area contributed by atoms with Crippen LogP contribution in [0.2, 0.25) is 0 Å². The Morgan fingerprint density at radius 1 is 1.15 bits per heavy atom. The summed E-state index contributed by atoms with van der Waals surface area (Å²) in [5, 5.41) is 3.08. The number of anilines is 2. The lowest BCUT2D eigenvalue weighted by molar-refractivity contribution is -0.119. The average Bonchev–Trinajstić information content (AvgIpc) is 3.07. The Morgan fingerprint density at radius 2 is 1.89 bits per heavy atom. The van der Waals surface area contributed by atoms with E-state index in [0.717, 1.165) is 21.7 Å². The number of nitrogens with one attached hydrogen (secondary N) is 1. The zero-order valence-electron chi connectivity index (χ0n) is 15.2. The van der Waals surface area contributed by atoms with Crippen molar-refractivity contribution in [2.75, 3.05) is 38.0 Å². The quantitative estimate of drug-likeness (QED) is 0.657. The van der Waals surface area contributed by atoms with Gasteiger partial charge in [-0.15, -0.1) is 0 Å². The van der Waals surface area contributed by atoms with Gasteiger partial charge in [-0.2, -0.15) is 0 Å². The number of amides is 1. The molecule has 1 amide bonds. The molecule has 27 heavy (non-hydrogen) atoms. The van der Waals surface area contributed by atoms with Gasteiger partial charge in [0.15, 0.2) is 11.7 Å². The number of rotatable bonds is 6. The van der Waals surface area contributed by atoms with Crippen molar-refractivity contribution >= 4 is 44.2 Å². The summed E-state index contributed by atoms with van der Waals surface area (Å²) < 4.78 is 11.1. The Labute approximate surface area is 160 Å². The molecule has 2 aromatic carbocycles. The molecule has 0 radical (unpaired) electrons. The molecule has 0 aliphatic rings. The van der Waals surface area contributed by atoms with Crippen LogP contribution in [0.4, 0.5) is 10.8 Å². The zero-order chi connectivity index (χ0) is 19.4. The highest BCUT2D eigenvalue weighted by atomic mass is 32.1. The average molecular weight is 385 g/mol. The number of thiazole rings is 1. The molecule has 1 heterocycles. The fraction of sp³-hybridized carbons (Fsp3) is 0.211. The number of carbonyl (C=O) groups is 2. The van der Waals surface area contributed by atoms with Crippen LogP contribution in [0.3, 0.4) is 0 Å². The molecule has 0 saturated heterocycles. The highest BCUT2D eigenvalue weighted by Crippen LogP contribution is 2.29. The number of ether oxygens (including phenoxy) is 2. The van der Waals surface area contributed by atoms with E-state index in [1.54, 1.807) is 25.3 Å². The van der Waals surface area contributed by atoms with Gasteiger partial charge in [0.05, 0.1) is 22.9 Å². The molecule has 0 saturated carbocycles. The van der Waals surface area contributed by atoms with Crippen molar-refractivity contribution in [1.29, 1.82) is 0 Å². The second-order valence-corrected chi connectivity index (χ2v) is 6.95. The van der Waals surface area contributed by atoms with Crippen LogP contribution in [0.15, 0.2) is 42.5 Å². The third kappa shape index (κ3) is 4.53. The van der Waals surface area contributed by atoms with E-state index in [2.05, 4.69) is 10.3 Å². The zero-order valence-corrected chi connectivity index (χ0v) is 16.0. The van der Waals surface area contributed by atoms with Crippen molar-refractivity contribution in [2.24, 2.45) is 0 Å². The first kappa shape index (κ1) is 18.7. The maximum atomic E-state index is 12.1. The van der Waals surface area contributed by atoms with E-state index in [1.807, 2.05) is 43.3 Å². The number of benzene rings is 2. The van der Waals surface area contributed by atoms with Crippen molar-refractivity contribution in [1.82, 2.24) is 4.98 Å². The molecule has 0 atom stereocenters. The molecule has 0 aliphatic carbocycles. The summed E-state index contributed by atoms with van der Waals surface area (Å²) in [5.41, 5.74) is 2.12. The number of aromatic nitrogens is 1. The molecule has 140 valence electrons. The first-order chi connectivity index (χ1) is 13.0. The number of methoxy groups -OCH3 is 1. The van der Waals surface area contributed by atoms with Gasteiger partial charge >= 0.3 is 5.97 Å². The summed E-state index contributed by atoms with van der Waals surface area (Å²) in [7, 11) is 5.42. The van der Waals surface area contributed by atoms with E-state index in [1.165, 1.54) is 11.3 Å². The van der Waals surface area contributed by atoms with Gasteiger partial charge in [-0.1, -0.05) is 11.3 Å². The van der Waals surface area contributed by atoms with Crippen molar-refractivity contribution in [3.05, 3.63) is 48.0 Å². The van der Waals surface area contributed by atoms with Crippen LogP contribution in [0.5, 0.6) is 5.75 Å². The number of nitrogens with zero attached hydrogens (tertiary/aromatic N) is 2. The predicted octanol–water partition coefficient (Wildman–Crippen LogP) is 3.17. The highest BCUT2D eigenvalue weighted by Gasteiger charge is 2.13. The maximum Gasteiger partial charge on any atom is 0.338 e.